The Morgan fingerprint density at radius 3 is 2.12 bits per heavy atom. The molecule has 0 saturated heterocycles. The molecule has 1 N–H and O–H groups in total. The fraction of sp³-hybridized carbons (Fsp3) is 0.0500. The van der Waals surface area contributed by atoms with Crippen molar-refractivity contribution in [1.29, 1.82) is 0 Å². The van der Waals surface area contributed by atoms with Crippen LogP contribution in [0.1, 0.15) is 15.9 Å². The quantitative estimate of drug-likeness (QED) is 0.492. The van der Waals surface area contributed by atoms with Gasteiger partial charge in [0, 0.05) is 21.5 Å². The molecule has 0 radical (unpaired) electrons. The van der Waals surface area contributed by atoms with E-state index in [1.165, 1.54) is 23.8 Å². The van der Waals surface area contributed by atoms with Gasteiger partial charge in [0.1, 0.15) is 5.56 Å². The summed E-state index contributed by atoms with van der Waals surface area (Å²) in [7, 11) is 0. The highest BCUT2D eigenvalue weighted by Crippen LogP contribution is 2.29. The molecule has 0 fully saturated rings. The molecule has 6 heteroatoms. The SMILES string of the molecule is Cc1ccc(Sc2ccc(NC(=O)c3ccccc3[N+](=O)[O-])cc2)cc1. The average Bonchev–Trinajstić information content (AvgIpc) is 2.65. The number of para-hydroxylation sites is 1. The predicted molar refractivity (Wildman–Crippen MR) is 103 cm³/mol. The minimum Gasteiger partial charge on any atom is -0.322 e. The first-order chi connectivity index (χ1) is 12.5. The smallest absolute Gasteiger partial charge is 0.282 e. The summed E-state index contributed by atoms with van der Waals surface area (Å²) >= 11 is 1.62. The van der Waals surface area contributed by atoms with Crippen molar-refractivity contribution in [3.63, 3.8) is 0 Å². The molecule has 3 rings (SSSR count). The van der Waals surface area contributed by atoms with E-state index in [-0.39, 0.29) is 11.3 Å². The summed E-state index contributed by atoms with van der Waals surface area (Å²) in [5, 5.41) is 13.7. The van der Waals surface area contributed by atoms with Crippen molar-refractivity contribution in [2.24, 2.45) is 0 Å². The van der Waals surface area contributed by atoms with Crippen LogP contribution in [0, 0.1) is 17.0 Å². The van der Waals surface area contributed by atoms with Gasteiger partial charge >= 0.3 is 0 Å². The number of rotatable bonds is 5. The van der Waals surface area contributed by atoms with Crippen LogP contribution in [0.4, 0.5) is 11.4 Å². The van der Waals surface area contributed by atoms with Crippen LogP contribution in [-0.4, -0.2) is 10.8 Å². The summed E-state index contributed by atoms with van der Waals surface area (Å²) < 4.78 is 0. The Balaban J connectivity index is 1.70. The molecule has 130 valence electrons. The van der Waals surface area contributed by atoms with Gasteiger partial charge < -0.3 is 5.32 Å². The number of nitro groups is 1. The molecular weight excluding hydrogens is 348 g/mol. The highest BCUT2D eigenvalue weighted by Gasteiger charge is 2.19. The number of amides is 1. The largest absolute Gasteiger partial charge is 0.322 e. The second kappa shape index (κ2) is 7.84. The topological polar surface area (TPSA) is 72.2 Å². The monoisotopic (exact) mass is 364 g/mol. The predicted octanol–water partition coefficient (Wildman–Crippen LogP) is 5.31. The van der Waals surface area contributed by atoms with Crippen LogP contribution < -0.4 is 5.32 Å². The fourth-order valence-electron chi connectivity index (χ4n) is 2.37. The molecule has 0 aromatic heterocycles. The van der Waals surface area contributed by atoms with Crippen LogP contribution in [0.15, 0.2) is 82.6 Å². The molecule has 0 heterocycles. The number of nitrogens with one attached hydrogen (secondary N) is 1. The van der Waals surface area contributed by atoms with Crippen molar-refractivity contribution in [1.82, 2.24) is 0 Å². The van der Waals surface area contributed by atoms with Crippen LogP contribution in [0.25, 0.3) is 0 Å². The van der Waals surface area contributed by atoms with E-state index < -0.39 is 10.8 Å². The van der Waals surface area contributed by atoms with Gasteiger partial charge in [0.2, 0.25) is 0 Å². The second-order valence-electron chi connectivity index (χ2n) is 5.67. The Bertz CT molecular complexity index is 938. The van der Waals surface area contributed by atoms with Gasteiger partial charge in [-0.25, -0.2) is 0 Å². The van der Waals surface area contributed by atoms with Crippen LogP contribution >= 0.6 is 11.8 Å². The molecule has 0 unspecified atom stereocenters. The highest BCUT2D eigenvalue weighted by atomic mass is 32.2. The molecule has 0 spiro atoms. The average molecular weight is 364 g/mol. The maximum Gasteiger partial charge on any atom is 0.282 e. The molecule has 0 aliphatic carbocycles. The third kappa shape index (κ3) is 4.29. The van der Waals surface area contributed by atoms with Gasteiger partial charge in [0.05, 0.1) is 4.92 Å². The number of hydrogen-bond donors (Lipinski definition) is 1. The van der Waals surface area contributed by atoms with Gasteiger partial charge in [-0.3, -0.25) is 14.9 Å². The lowest BCUT2D eigenvalue weighted by molar-refractivity contribution is -0.385. The normalized spacial score (nSPS) is 10.3. The minimum atomic E-state index is -0.559. The van der Waals surface area contributed by atoms with Crippen LogP contribution in [0.2, 0.25) is 0 Å². The van der Waals surface area contributed by atoms with E-state index in [4.69, 9.17) is 0 Å². The van der Waals surface area contributed by atoms with E-state index in [0.29, 0.717) is 5.69 Å². The Hall–Kier alpha value is -3.12. The Labute approximate surface area is 155 Å². The summed E-state index contributed by atoms with van der Waals surface area (Å²) in [6, 6.07) is 21.5. The van der Waals surface area contributed by atoms with Gasteiger partial charge in [0.15, 0.2) is 0 Å². The molecule has 0 atom stereocenters. The summed E-state index contributed by atoms with van der Waals surface area (Å²) in [5.74, 6) is -0.503. The first kappa shape index (κ1) is 17.7. The summed E-state index contributed by atoms with van der Waals surface area (Å²) in [6.45, 7) is 2.04. The maximum atomic E-state index is 12.3. The Morgan fingerprint density at radius 2 is 1.50 bits per heavy atom. The van der Waals surface area contributed by atoms with Gasteiger partial charge in [0.25, 0.3) is 11.6 Å². The van der Waals surface area contributed by atoms with E-state index in [1.54, 1.807) is 30.0 Å². The number of nitrogens with zero attached hydrogens (tertiary/aromatic N) is 1. The van der Waals surface area contributed by atoms with E-state index in [0.717, 1.165) is 9.79 Å². The van der Waals surface area contributed by atoms with Gasteiger partial charge in [-0.2, -0.15) is 0 Å². The highest BCUT2D eigenvalue weighted by molar-refractivity contribution is 7.99. The van der Waals surface area contributed by atoms with Crippen molar-refractivity contribution in [2.45, 2.75) is 16.7 Å². The Kier molecular flexibility index (Phi) is 5.34. The number of nitro benzene ring substituents is 1. The molecule has 5 nitrogen and oxygen atoms in total. The summed E-state index contributed by atoms with van der Waals surface area (Å²) in [4.78, 5) is 25.0. The van der Waals surface area contributed by atoms with E-state index >= 15 is 0 Å². The number of carbonyl (C=O) groups is 1. The van der Waals surface area contributed by atoms with E-state index in [9.17, 15) is 14.9 Å². The van der Waals surface area contributed by atoms with Gasteiger partial charge in [-0.15, -0.1) is 0 Å². The first-order valence-electron chi connectivity index (χ1n) is 7.92. The zero-order valence-corrected chi connectivity index (χ0v) is 14.8. The lowest BCUT2D eigenvalue weighted by Crippen LogP contribution is -2.13. The fourth-order valence-corrected chi connectivity index (χ4v) is 3.19. The number of benzene rings is 3. The summed E-state index contributed by atoms with van der Waals surface area (Å²) in [5.41, 5.74) is 1.62. The molecule has 0 bridgehead atoms. The molecule has 0 aliphatic rings. The first-order valence-corrected chi connectivity index (χ1v) is 8.74. The number of aryl methyl sites for hydroxylation is 1. The van der Waals surface area contributed by atoms with Gasteiger partial charge in [-0.05, 0) is 49.4 Å². The van der Waals surface area contributed by atoms with Gasteiger partial charge in [-0.1, -0.05) is 41.6 Å². The molecule has 26 heavy (non-hydrogen) atoms. The van der Waals surface area contributed by atoms with Crippen molar-refractivity contribution in [2.75, 3.05) is 5.32 Å². The van der Waals surface area contributed by atoms with E-state index in [2.05, 4.69) is 29.6 Å². The van der Waals surface area contributed by atoms with Crippen LogP contribution in [-0.2, 0) is 0 Å². The zero-order valence-electron chi connectivity index (χ0n) is 14.0. The van der Waals surface area contributed by atoms with Crippen LogP contribution in [0.5, 0.6) is 0 Å². The minimum absolute atomic E-state index is 0.0376. The van der Waals surface area contributed by atoms with Crippen molar-refractivity contribution < 1.29 is 9.72 Å². The van der Waals surface area contributed by atoms with E-state index in [1.807, 2.05) is 19.1 Å². The van der Waals surface area contributed by atoms with Crippen molar-refractivity contribution in [3.8, 4) is 0 Å². The van der Waals surface area contributed by atoms with Crippen molar-refractivity contribution in [3.05, 3.63) is 94.0 Å². The van der Waals surface area contributed by atoms with Crippen molar-refractivity contribution >= 4 is 29.0 Å². The molecular formula is C20H16N2O3S. The molecule has 3 aromatic rings. The zero-order chi connectivity index (χ0) is 18.5. The lowest BCUT2D eigenvalue weighted by Gasteiger charge is -2.07. The Morgan fingerprint density at radius 1 is 0.923 bits per heavy atom. The third-order valence-corrected chi connectivity index (χ3v) is 4.73. The number of hydrogen-bond acceptors (Lipinski definition) is 4. The molecule has 3 aromatic carbocycles. The molecule has 0 saturated carbocycles. The standard InChI is InChI=1S/C20H16N2O3S/c1-14-6-10-16(11-7-14)26-17-12-8-15(9-13-17)21-20(23)18-4-2-3-5-19(18)22(24)25/h2-13H,1H3,(H,21,23). The number of carbonyl (C=O) groups excluding carboxylic acids is 1. The summed E-state index contributed by atoms with van der Waals surface area (Å²) in [6.07, 6.45) is 0. The molecule has 1 amide bonds. The van der Waals surface area contributed by atoms with Crippen LogP contribution in [0.3, 0.4) is 0 Å². The lowest BCUT2D eigenvalue weighted by atomic mass is 10.1. The maximum absolute atomic E-state index is 12.3. The number of anilines is 1. The molecule has 0 aliphatic heterocycles. The second-order valence-corrected chi connectivity index (χ2v) is 6.81. The third-order valence-electron chi connectivity index (χ3n) is 3.71.